The summed E-state index contributed by atoms with van der Waals surface area (Å²) in [5.41, 5.74) is 2.03. The third kappa shape index (κ3) is 3.42. The van der Waals surface area contributed by atoms with Crippen LogP contribution < -0.4 is 0 Å². The summed E-state index contributed by atoms with van der Waals surface area (Å²) in [7, 11) is 0. The van der Waals surface area contributed by atoms with Gasteiger partial charge in [-0.1, -0.05) is 45.4 Å². The first-order valence-electron chi connectivity index (χ1n) is 8.94. The maximum absolute atomic E-state index is 5.53. The van der Waals surface area contributed by atoms with Crippen molar-refractivity contribution < 1.29 is 4.52 Å². The van der Waals surface area contributed by atoms with Gasteiger partial charge in [0.05, 0.1) is 22.8 Å². The Hall–Kier alpha value is -2.09. The number of thiazole rings is 1. The van der Waals surface area contributed by atoms with Gasteiger partial charge in [-0.15, -0.1) is 11.3 Å². The van der Waals surface area contributed by atoms with Crippen LogP contribution in [0.4, 0.5) is 0 Å². The van der Waals surface area contributed by atoms with E-state index in [-0.39, 0.29) is 0 Å². The van der Waals surface area contributed by atoms with Crippen molar-refractivity contribution in [1.29, 1.82) is 0 Å². The van der Waals surface area contributed by atoms with Crippen LogP contribution in [-0.4, -0.2) is 26.6 Å². The predicted octanol–water partition coefficient (Wildman–Crippen LogP) is 5.45. The van der Waals surface area contributed by atoms with Gasteiger partial charge in [0.25, 0.3) is 0 Å². The van der Waals surface area contributed by atoms with E-state index in [9.17, 15) is 0 Å². The molecule has 27 heavy (non-hydrogen) atoms. The lowest BCUT2D eigenvalue weighted by molar-refractivity contribution is 0.212. The SMILES string of the molecule is Brc1cccc(-c2noc(CN3CCC[C@H]3c3nc4ccccc4s3)n2)c1. The molecule has 0 aliphatic carbocycles. The molecular weight excluding hydrogens is 424 g/mol. The van der Waals surface area contributed by atoms with Crippen LogP contribution in [0.3, 0.4) is 0 Å². The van der Waals surface area contributed by atoms with Crippen LogP contribution >= 0.6 is 27.3 Å². The summed E-state index contributed by atoms with van der Waals surface area (Å²) in [5, 5.41) is 5.34. The van der Waals surface area contributed by atoms with Gasteiger partial charge in [0.15, 0.2) is 0 Å². The highest BCUT2D eigenvalue weighted by Crippen LogP contribution is 2.37. The molecule has 0 amide bonds. The molecular formula is C20H17BrN4OS. The summed E-state index contributed by atoms with van der Waals surface area (Å²) in [6, 6.07) is 16.6. The molecule has 1 atom stereocenters. The lowest BCUT2D eigenvalue weighted by Crippen LogP contribution is -2.22. The zero-order chi connectivity index (χ0) is 18.2. The smallest absolute Gasteiger partial charge is 0.241 e. The molecule has 0 N–H and O–H groups in total. The van der Waals surface area contributed by atoms with Gasteiger partial charge < -0.3 is 4.52 Å². The summed E-state index contributed by atoms with van der Waals surface area (Å²) < 4.78 is 7.78. The van der Waals surface area contributed by atoms with Crippen molar-refractivity contribution in [2.75, 3.05) is 6.54 Å². The van der Waals surface area contributed by atoms with Crippen molar-refractivity contribution in [2.24, 2.45) is 0 Å². The predicted molar refractivity (Wildman–Crippen MR) is 109 cm³/mol. The minimum atomic E-state index is 0.323. The van der Waals surface area contributed by atoms with Crippen molar-refractivity contribution in [3.8, 4) is 11.4 Å². The normalized spacial score (nSPS) is 17.7. The summed E-state index contributed by atoms with van der Waals surface area (Å²) in [4.78, 5) is 11.9. The monoisotopic (exact) mass is 440 g/mol. The van der Waals surface area contributed by atoms with Crippen molar-refractivity contribution in [1.82, 2.24) is 20.0 Å². The highest BCUT2D eigenvalue weighted by atomic mass is 79.9. The zero-order valence-corrected chi connectivity index (χ0v) is 16.9. The molecule has 136 valence electrons. The Balaban J connectivity index is 1.37. The van der Waals surface area contributed by atoms with Gasteiger partial charge >= 0.3 is 0 Å². The van der Waals surface area contributed by atoms with E-state index >= 15 is 0 Å². The molecule has 1 fully saturated rings. The molecule has 0 bridgehead atoms. The minimum absolute atomic E-state index is 0.323. The Kier molecular flexibility index (Phi) is 4.51. The Morgan fingerprint density at radius 1 is 1.15 bits per heavy atom. The topological polar surface area (TPSA) is 55.1 Å². The van der Waals surface area contributed by atoms with Crippen molar-refractivity contribution in [3.05, 3.63) is 63.9 Å². The highest BCUT2D eigenvalue weighted by Gasteiger charge is 2.30. The number of halogens is 1. The first-order chi connectivity index (χ1) is 13.3. The molecule has 1 aliphatic rings. The zero-order valence-electron chi connectivity index (χ0n) is 14.5. The van der Waals surface area contributed by atoms with Gasteiger partial charge in [0.1, 0.15) is 5.01 Å². The van der Waals surface area contributed by atoms with Crippen LogP contribution in [0.1, 0.15) is 29.8 Å². The molecule has 0 saturated carbocycles. The molecule has 3 heterocycles. The molecule has 5 rings (SSSR count). The number of aromatic nitrogens is 3. The molecule has 2 aromatic carbocycles. The molecule has 5 nitrogen and oxygen atoms in total. The fraction of sp³-hybridized carbons (Fsp3) is 0.250. The van der Waals surface area contributed by atoms with Gasteiger partial charge in [-0.05, 0) is 43.7 Å². The number of rotatable bonds is 4. The number of fused-ring (bicyclic) bond motifs is 1. The van der Waals surface area contributed by atoms with Crippen LogP contribution in [-0.2, 0) is 6.54 Å². The van der Waals surface area contributed by atoms with Crippen LogP contribution in [0.15, 0.2) is 57.5 Å². The quantitative estimate of drug-likeness (QED) is 0.422. The molecule has 7 heteroatoms. The van der Waals surface area contributed by atoms with Gasteiger partial charge in [0.2, 0.25) is 11.7 Å². The molecule has 4 aromatic rings. The maximum atomic E-state index is 5.53. The average Bonchev–Trinajstić information content (AvgIpc) is 3.41. The average molecular weight is 441 g/mol. The largest absolute Gasteiger partial charge is 0.338 e. The fourth-order valence-corrected chi connectivity index (χ4v) is 5.10. The van der Waals surface area contributed by atoms with Crippen LogP contribution in [0, 0.1) is 0 Å². The standard InChI is InChI=1S/C20H17BrN4OS/c21-14-6-3-5-13(11-14)19-23-18(26-24-19)12-25-10-4-8-16(25)20-22-15-7-1-2-9-17(15)27-20/h1-3,5-7,9,11,16H,4,8,10,12H2/t16-/m0/s1. The third-order valence-electron chi connectivity index (χ3n) is 4.85. The number of hydrogen-bond donors (Lipinski definition) is 0. The first-order valence-corrected chi connectivity index (χ1v) is 10.6. The number of benzene rings is 2. The van der Waals surface area contributed by atoms with Crippen LogP contribution in [0.2, 0.25) is 0 Å². The summed E-state index contributed by atoms with van der Waals surface area (Å²) in [6.45, 7) is 1.68. The van der Waals surface area contributed by atoms with Gasteiger partial charge in [-0.2, -0.15) is 4.98 Å². The summed E-state index contributed by atoms with van der Waals surface area (Å²) in [6.07, 6.45) is 2.28. The van der Waals surface area contributed by atoms with E-state index in [1.165, 1.54) is 9.71 Å². The molecule has 2 aromatic heterocycles. The number of likely N-dealkylation sites (tertiary alicyclic amines) is 1. The van der Waals surface area contributed by atoms with Crippen LogP contribution in [0.25, 0.3) is 21.6 Å². The van der Waals surface area contributed by atoms with Gasteiger partial charge in [-0.25, -0.2) is 4.98 Å². The second-order valence-electron chi connectivity index (χ2n) is 6.67. The Morgan fingerprint density at radius 2 is 2.07 bits per heavy atom. The Labute approximate surface area is 169 Å². The molecule has 1 saturated heterocycles. The molecule has 0 radical (unpaired) electrons. The van der Waals surface area contributed by atoms with E-state index in [0.29, 0.717) is 24.3 Å². The molecule has 1 aliphatic heterocycles. The lowest BCUT2D eigenvalue weighted by Gasteiger charge is -2.20. The molecule has 0 unspecified atom stereocenters. The highest BCUT2D eigenvalue weighted by molar-refractivity contribution is 9.10. The Morgan fingerprint density at radius 3 is 2.96 bits per heavy atom. The third-order valence-corrected chi connectivity index (χ3v) is 6.48. The van der Waals surface area contributed by atoms with E-state index in [2.05, 4.69) is 49.2 Å². The fourth-order valence-electron chi connectivity index (χ4n) is 3.57. The van der Waals surface area contributed by atoms with E-state index in [0.717, 1.165) is 34.9 Å². The van der Waals surface area contributed by atoms with Crippen molar-refractivity contribution in [2.45, 2.75) is 25.4 Å². The maximum Gasteiger partial charge on any atom is 0.241 e. The van der Waals surface area contributed by atoms with Gasteiger partial charge in [0, 0.05) is 10.0 Å². The van der Waals surface area contributed by atoms with E-state index in [4.69, 9.17) is 9.51 Å². The summed E-state index contributed by atoms with van der Waals surface area (Å²) in [5.74, 6) is 1.28. The number of para-hydroxylation sites is 1. The van der Waals surface area contributed by atoms with E-state index in [1.807, 2.05) is 30.3 Å². The lowest BCUT2D eigenvalue weighted by atomic mass is 10.2. The summed E-state index contributed by atoms with van der Waals surface area (Å²) >= 11 is 5.27. The van der Waals surface area contributed by atoms with Crippen molar-refractivity contribution in [3.63, 3.8) is 0 Å². The Bertz CT molecular complexity index is 1060. The van der Waals surface area contributed by atoms with E-state index in [1.54, 1.807) is 11.3 Å². The molecule has 0 spiro atoms. The minimum Gasteiger partial charge on any atom is -0.338 e. The second kappa shape index (κ2) is 7.14. The number of hydrogen-bond acceptors (Lipinski definition) is 6. The van der Waals surface area contributed by atoms with E-state index < -0.39 is 0 Å². The number of nitrogens with zero attached hydrogens (tertiary/aromatic N) is 4. The van der Waals surface area contributed by atoms with Crippen LogP contribution in [0.5, 0.6) is 0 Å². The second-order valence-corrected chi connectivity index (χ2v) is 8.65. The first kappa shape index (κ1) is 17.0. The van der Waals surface area contributed by atoms with Gasteiger partial charge in [-0.3, -0.25) is 4.90 Å². The van der Waals surface area contributed by atoms with Crippen molar-refractivity contribution >= 4 is 37.5 Å².